The van der Waals surface area contributed by atoms with Gasteiger partial charge in [0.05, 0.1) is 17.3 Å². The molecular formula is C17H22FN3O2. The Labute approximate surface area is 135 Å². The Hall–Kier alpha value is -2.11. The molecule has 1 aliphatic rings. The summed E-state index contributed by atoms with van der Waals surface area (Å²) in [5, 5.41) is 5.37. The first kappa shape index (κ1) is 15.8. The largest absolute Gasteiger partial charge is 0.444 e. The van der Waals surface area contributed by atoms with Crippen LogP contribution < -0.4 is 0 Å². The summed E-state index contributed by atoms with van der Waals surface area (Å²) in [7, 11) is 0. The van der Waals surface area contributed by atoms with Crippen molar-refractivity contribution in [3.63, 3.8) is 0 Å². The van der Waals surface area contributed by atoms with E-state index in [1.54, 1.807) is 11.0 Å². The molecular weight excluding hydrogens is 297 g/mol. The van der Waals surface area contributed by atoms with Crippen LogP contribution in [-0.4, -0.2) is 39.5 Å². The van der Waals surface area contributed by atoms with Crippen molar-refractivity contribution in [3.8, 4) is 0 Å². The number of benzene rings is 1. The number of hydrogen-bond acceptors (Lipinski definition) is 3. The Balaban J connectivity index is 1.81. The lowest BCUT2D eigenvalue weighted by molar-refractivity contribution is 0.0288. The predicted octanol–water partition coefficient (Wildman–Crippen LogP) is 3.67. The third kappa shape index (κ3) is 3.16. The second kappa shape index (κ2) is 5.51. The summed E-state index contributed by atoms with van der Waals surface area (Å²) in [5.41, 5.74) is 1.21. The fourth-order valence-corrected chi connectivity index (χ4v) is 2.98. The fraction of sp³-hybridized carbons (Fsp3) is 0.529. The van der Waals surface area contributed by atoms with E-state index in [0.717, 1.165) is 23.0 Å². The highest BCUT2D eigenvalue weighted by Gasteiger charge is 2.31. The molecule has 1 aromatic heterocycles. The molecule has 0 saturated carbocycles. The third-order valence-corrected chi connectivity index (χ3v) is 4.01. The van der Waals surface area contributed by atoms with Crippen molar-refractivity contribution in [1.82, 2.24) is 14.7 Å². The van der Waals surface area contributed by atoms with Crippen molar-refractivity contribution in [1.29, 1.82) is 0 Å². The molecule has 0 radical (unpaired) electrons. The summed E-state index contributed by atoms with van der Waals surface area (Å²) in [4.78, 5) is 13.9. The summed E-state index contributed by atoms with van der Waals surface area (Å²) in [6.45, 7) is 8.65. The lowest BCUT2D eigenvalue weighted by Crippen LogP contribution is -2.35. The monoisotopic (exact) mass is 319 g/mol. The van der Waals surface area contributed by atoms with Crippen LogP contribution in [0.15, 0.2) is 18.2 Å². The average molecular weight is 319 g/mol. The van der Waals surface area contributed by atoms with Crippen molar-refractivity contribution in [2.24, 2.45) is 0 Å². The predicted molar refractivity (Wildman–Crippen MR) is 85.9 cm³/mol. The lowest BCUT2D eigenvalue weighted by Gasteiger charge is -2.24. The highest BCUT2D eigenvalue weighted by Crippen LogP contribution is 2.28. The second-order valence-corrected chi connectivity index (χ2v) is 7.06. The minimum Gasteiger partial charge on any atom is -0.444 e. The molecule has 5 nitrogen and oxygen atoms in total. The van der Waals surface area contributed by atoms with E-state index in [-0.39, 0.29) is 18.0 Å². The van der Waals surface area contributed by atoms with Crippen molar-refractivity contribution in [2.45, 2.75) is 45.8 Å². The average Bonchev–Trinajstić information content (AvgIpc) is 3.02. The van der Waals surface area contributed by atoms with E-state index in [9.17, 15) is 9.18 Å². The minimum absolute atomic E-state index is 0.0872. The van der Waals surface area contributed by atoms with Gasteiger partial charge in [-0.25, -0.2) is 9.18 Å². The molecule has 1 aromatic carbocycles. The zero-order chi connectivity index (χ0) is 16.8. The number of rotatable bonds is 1. The quantitative estimate of drug-likeness (QED) is 0.806. The highest BCUT2D eigenvalue weighted by atomic mass is 19.1. The number of fused-ring (bicyclic) bond motifs is 1. The molecule has 124 valence electrons. The Morgan fingerprint density at radius 1 is 1.39 bits per heavy atom. The number of carbonyl (C=O) groups is 1. The van der Waals surface area contributed by atoms with Gasteiger partial charge < -0.3 is 9.64 Å². The van der Waals surface area contributed by atoms with Gasteiger partial charge in [-0.3, -0.25) is 4.68 Å². The van der Waals surface area contributed by atoms with Gasteiger partial charge in [-0.05, 0) is 52.3 Å². The molecule has 1 amide bonds. The van der Waals surface area contributed by atoms with Crippen LogP contribution in [0.2, 0.25) is 0 Å². The molecule has 1 aliphatic heterocycles. The van der Waals surface area contributed by atoms with Crippen LogP contribution in [0, 0.1) is 12.7 Å². The number of carbonyl (C=O) groups excluding carboxylic acids is 1. The first-order chi connectivity index (χ1) is 10.7. The van der Waals surface area contributed by atoms with Gasteiger partial charge in [-0.15, -0.1) is 0 Å². The van der Waals surface area contributed by atoms with Crippen LogP contribution in [0.5, 0.6) is 0 Å². The molecule has 1 atom stereocenters. The maximum atomic E-state index is 13.4. The van der Waals surface area contributed by atoms with E-state index in [2.05, 4.69) is 5.10 Å². The van der Waals surface area contributed by atoms with Crippen LogP contribution in [0.1, 0.15) is 38.9 Å². The molecule has 1 saturated heterocycles. The van der Waals surface area contributed by atoms with E-state index in [1.807, 2.05) is 32.4 Å². The van der Waals surface area contributed by atoms with Crippen molar-refractivity contribution in [3.05, 3.63) is 29.7 Å². The number of ether oxygens (including phenoxy) is 1. The summed E-state index contributed by atoms with van der Waals surface area (Å²) in [6, 6.07) is 4.79. The van der Waals surface area contributed by atoms with Gasteiger partial charge in [0.25, 0.3) is 0 Å². The Kier molecular flexibility index (Phi) is 3.78. The fourth-order valence-electron chi connectivity index (χ4n) is 2.98. The molecule has 1 fully saturated rings. The Morgan fingerprint density at radius 2 is 2.13 bits per heavy atom. The SMILES string of the molecule is Cc1nn(C2CCN(C(=O)OC(C)(C)C)C2)c2ccc(F)cc12. The van der Waals surface area contributed by atoms with Gasteiger partial charge >= 0.3 is 6.09 Å². The maximum Gasteiger partial charge on any atom is 0.410 e. The zero-order valence-corrected chi connectivity index (χ0v) is 14.0. The van der Waals surface area contributed by atoms with Crippen molar-refractivity contribution in [2.75, 3.05) is 13.1 Å². The van der Waals surface area contributed by atoms with Crippen LogP contribution in [0.3, 0.4) is 0 Å². The number of hydrogen-bond donors (Lipinski definition) is 0. The van der Waals surface area contributed by atoms with E-state index < -0.39 is 5.60 Å². The second-order valence-electron chi connectivity index (χ2n) is 7.06. The molecule has 2 heterocycles. The van der Waals surface area contributed by atoms with Gasteiger partial charge in [0, 0.05) is 18.5 Å². The van der Waals surface area contributed by atoms with E-state index in [0.29, 0.717) is 13.1 Å². The summed E-state index contributed by atoms with van der Waals surface area (Å²) in [6.07, 6.45) is 0.520. The normalized spacial score (nSPS) is 18.7. The number of aromatic nitrogens is 2. The van der Waals surface area contributed by atoms with Crippen LogP contribution in [0.4, 0.5) is 9.18 Å². The molecule has 2 aromatic rings. The Morgan fingerprint density at radius 3 is 2.83 bits per heavy atom. The highest BCUT2D eigenvalue weighted by molar-refractivity contribution is 5.82. The molecule has 0 bridgehead atoms. The van der Waals surface area contributed by atoms with Crippen LogP contribution >= 0.6 is 0 Å². The lowest BCUT2D eigenvalue weighted by atomic mass is 10.2. The van der Waals surface area contributed by atoms with Crippen LogP contribution in [0.25, 0.3) is 10.9 Å². The number of nitrogens with zero attached hydrogens (tertiary/aromatic N) is 3. The summed E-state index contributed by atoms with van der Waals surface area (Å²) >= 11 is 0. The van der Waals surface area contributed by atoms with Gasteiger partial charge in [0.1, 0.15) is 11.4 Å². The Bertz CT molecular complexity index is 748. The van der Waals surface area contributed by atoms with Crippen molar-refractivity contribution < 1.29 is 13.9 Å². The molecule has 3 rings (SSSR count). The van der Waals surface area contributed by atoms with Gasteiger partial charge in [0.2, 0.25) is 0 Å². The smallest absolute Gasteiger partial charge is 0.410 e. The summed E-state index contributed by atoms with van der Waals surface area (Å²) < 4.78 is 20.8. The maximum absolute atomic E-state index is 13.4. The topological polar surface area (TPSA) is 47.4 Å². The number of aryl methyl sites for hydroxylation is 1. The molecule has 1 unspecified atom stereocenters. The first-order valence-corrected chi connectivity index (χ1v) is 7.87. The van der Waals surface area contributed by atoms with E-state index >= 15 is 0 Å². The summed E-state index contributed by atoms with van der Waals surface area (Å²) in [5.74, 6) is -0.262. The zero-order valence-electron chi connectivity index (χ0n) is 14.0. The first-order valence-electron chi connectivity index (χ1n) is 7.87. The molecule has 0 N–H and O–H groups in total. The number of amides is 1. The molecule has 0 spiro atoms. The number of likely N-dealkylation sites (tertiary alicyclic amines) is 1. The standard InChI is InChI=1S/C17H22FN3O2/c1-11-14-9-12(18)5-6-15(14)21(19-11)13-7-8-20(10-13)16(22)23-17(2,3)4/h5-6,9,13H,7-8,10H2,1-4H3. The van der Waals surface area contributed by atoms with E-state index in [4.69, 9.17) is 4.74 Å². The minimum atomic E-state index is -0.498. The third-order valence-electron chi connectivity index (χ3n) is 4.01. The van der Waals surface area contributed by atoms with Crippen LogP contribution in [-0.2, 0) is 4.74 Å². The van der Waals surface area contributed by atoms with Gasteiger partial charge in [-0.1, -0.05) is 0 Å². The molecule has 6 heteroatoms. The van der Waals surface area contributed by atoms with Gasteiger partial charge in [0.15, 0.2) is 0 Å². The van der Waals surface area contributed by atoms with Gasteiger partial charge in [-0.2, -0.15) is 5.10 Å². The molecule has 23 heavy (non-hydrogen) atoms. The van der Waals surface area contributed by atoms with Crippen molar-refractivity contribution >= 4 is 17.0 Å². The number of halogens is 1. The van der Waals surface area contributed by atoms with E-state index in [1.165, 1.54) is 12.1 Å². The molecule has 0 aliphatic carbocycles.